The zero-order valence-corrected chi connectivity index (χ0v) is 10.2. The van der Waals surface area contributed by atoms with Gasteiger partial charge in [0.2, 0.25) is 0 Å². The number of carbonyl (C=O) groups excluding carboxylic acids is 1. The van der Waals surface area contributed by atoms with Crippen molar-refractivity contribution in [2.45, 2.75) is 18.6 Å². The summed E-state index contributed by atoms with van der Waals surface area (Å²) in [5.74, 6) is -0.558. The van der Waals surface area contributed by atoms with Gasteiger partial charge >= 0.3 is 0 Å². The molecule has 3 heterocycles. The van der Waals surface area contributed by atoms with Crippen LogP contribution in [0.2, 0.25) is 0 Å². The second-order valence-corrected chi connectivity index (χ2v) is 4.68. The van der Waals surface area contributed by atoms with Crippen LogP contribution >= 0.6 is 0 Å². The van der Waals surface area contributed by atoms with Gasteiger partial charge in [-0.3, -0.25) is 9.78 Å². The first-order valence-corrected chi connectivity index (χ1v) is 6.26. The molecule has 3 rings (SSSR count). The van der Waals surface area contributed by atoms with E-state index in [1.54, 1.807) is 29.4 Å². The standard InChI is InChI=1S/C13H16N2O3/c16-12(11-3-1-5-14-9-11)15-6-2-4-13(10-15)17-7-8-18-13/h1,3,5,9H,2,4,6-8,10H2. The fourth-order valence-corrected chi connectivity index (χ4v) is 2.57. The number of piperidine rings is 1. The number of hydrogen-bond acceptors (Lipinski definition) is 4. The summed E-state index contributed by atoms with van der Waals surface area (Å²) in [7, 11) is 0. The van der Waals surface area contributed by atoms with Gasteiger partial charge in [0.25, 0.3) is 5.91 Å². The molecule has 1 aromatic rings. The Balaban J connectivity index is 1.74. The van der Waals surface area contributed by atoms with E-state index in [-0.39, 0.29) is 5.91 Å². The van der Waals surface area contributed by atoms with Crippen molar-refractivity contribution in [3.8, 4) is 0 Å². The molecule has 5 heteroatoms. The predicted molar refractivity (Wildman–Crippen MR) is 64.0 cm³/mol. The van der Waals surface area contributed by atoms with E-state index in [1.165, 1.54) is 0 Å². The van der Waals surface area contributed by atoms with Crippen LogP contribution in [-0.2, 0) is 9.47 Å². The first-order valence-electron chi connectivity index (χ1n) is 6.26. The maximum Gasteiger partial charge on any atom is 0.255 e. The summed E-state index contributed by atoms with van der Waals surface area (Å²) in [6.45, 7) is 2.51. The summed E-state index contributed by atoms with van der Waals surface area (Å²) >= 11 is 0. The molecular weight excluding hydrogens is 232 g/mol. The average Bonchev–Trinajstić information content (AvgIpc) is 2.87. The third-order valence-corrected chi connectivity index (χ3v) is 3.43. The fraction of sp³-hybridized carbons (Fsp3) is 0.538. The van der Waals surface area contributed by atoms with Gasteiger partial charge in [-0.05, 0) is 18.6 Å². The summed E-state index contributed by atoms with van der Waals surface area (Å²) in [6, 6.07) is 3.56. The van der Waals surface area contributed by atoms with E-state index in [9.17, 15) is 4.79 Å². The van der Waals surface area contributed by atoms with E-state index >= 15 is 0 Å². The Kier molecular flexibility index (Phi) is 3.01. The van der Waals surface area contributed by atoms with Gasteiger partial charge in [-0.2, -0.15) is 0 Å². The summed E-state index contributed by atoms with van der Waals surface area (Å²) < 4.78 is 11.3. The fourth-order valence-electron chi connectivity index (χ4n) is 2.57. The normalized spacial score (nSPS) is 22.3. The van der Waals surface area contributed by atoms with Gasteiger partial charge in [0, 0.05) is 25.4 Å². The van der Waals surface area contributed by atoms with Gasteiger partial charge in [-0.15, -0.1) is 0 Å². The van der Waals surface area contributed by atoms with Gasteiger partial charge < -0.3 is 14.4 Å². The van der Waals surface area contributed by atoms with Crippen LogP contribution in [-0.4, -0.2) is 47.9 Å². The van der Waals surface area contributed by atoms with Crippen molar-refractivity contribution in [2.75, 3.05) is 26.3 Å². The number of ether oxygens (including phenoxy) is 2. The van der Waals surface area contributed by atoms with E-state index < -0.39 is 5.79 Å². The summed E-state index contributed by atoms with van der Waals surface area (Å²) in [5, 5.41) is 0. The number of hydrogen-bond donors (Lipinski definition) is 0. The monoisotopic (exact) mass is 248 g/mol. The van der Waals surface area contributed by atoms with Crippen LogP contribution < -0.4 is 0 Å². The van der Waals surface area contributed by atoms with Gasteiger partial charge in [0.15, 0.2) is 5.79 Å². The molecule has 0 aliphatic carbocycles. The Labute approximate surface area is 106 Å². The van der Waals surface area contributed by atoms with E-state index in [1.807, 2.05) is 0 Å². The molecule has 2 aliphatic heterocycles. The molecular formula is C13H16N2O3. The Morgan fingerprint density at radius 1 is 1.39 bits per heavy atom. The summed E-state index contributed by atoms with van der Waals surface area (Å²) in [4.78, 5) is 18.1. The van der Waals surface area contributed by atoms with Crippen LogP contribution in [0.25, 0.3) is 0 Å². The first-order chi connectivity index (χ1) is 8.79. The highest BCUT2D eigenvalue weighted by Gasteiger charge is 2.42. The number of aromatic nitrogens is 1. The molecule has 0 bridgehead atoms. The van der Waals surface area contributed by atoms with Crippen molar-refractivity contribution in [2.24, 2.45) is 0 Å². The van der Waals surface area contributed by atoms with Crippen molar-refractivity contribution >= 4 is 5.91 Å². The average molecular weight is 248 g/mol. The van der Waals surface area contributed by atoms with Crippen LogP contribution in [0.15, 0.2) is 24.5 Å². The van der Waals surface area contributed by atoms with Crippen LogP contribution in [0.1, 0.15) is 23.2 Å². The van der Waals surface area contributed by atoms with Crippen molar-refractivity contribution < 1.29 is 14.3 Å². The molecule has 0 N–H and O–H groups in total. The lowest BCUT2D eigenvalue weighted by Gasteiger charge is -2.38. The van der Waals surface area contributed by atoms with Crippen LogP contribution in [0.4, 0.5) is 0 Å². The van der Waals surface area contributed by atoms with E-state index in [0.29, 0.717) is 25.3 Å². The minimum atomic E-state index is -0.559. The van der Waals surface area contributed by atoms with Gasteiger partial charge in [-0.1, -0.05) is 0 Å². The van der Waals surface area contributed by atoms with Crippen molar-refractivity contribution in [1.82, 2.24) is 9.88 Å². The number of nitrogens with zero attached hydrogens (tertiary/aromatic N) is 2. The smallest absolute Gasteiger partial charge is 0.255 e. The Hall–Kier alpha value is -1.46. The van der Waals surface area contributed by atoms with Crippen molar-refractivity contribution in [3.63, 3.8) is 0 Å². The van der Waals surface area contributed by atoms with Crippen molar-refractivity contribution in [3.05, 3.63) is 30.1 Å². The summed E-state index contributed by atoms with van der Waals surface area (Å²) in [6.07, 6.45) is 5.04. The molecule has 1 spiro atoms. The first kappa shape index (κ1) is 11.6. The minimum Gasteiger partial charge on any atom is -0.346 e. The molecule has 1 aromatic heterocycles. The lowest BCUT2D eigenvalue weighted by atomic mass is 10.0. The zero-order chi connectivity index (χ0) is 12.4. The molecule has 96 valence electrons. The van der Waals surface area contributed by atoms with Crippen LogP contribution in [0.3, 0.4) is 0 Å². The molecule has 0 unspecified atom stereocenters. The largest absolute Gasteiger partial charge is 0.346 e. The lowest BCUT2D eigenvalue weighted by molar-refractivity contribution is -0.183. The molecule has 2 aliphatic rings. The van der Waals surface area contributed by atoms with E-state index in [4.69, 9.17) is 9.47 Å². The van der Waals surface area contributed by atoms with Gasteiger partial charge in [-0.25, -0.2) is 0 Å². The highest BCUT2D eigenvalue weighted by molar-refractivity contribution is 5.94. The lowest BCUT2D eigenvalue weighted by Crippen LogP contribution is -2.51. The van der Waals surface area contributed by atoms with E-state index in [2.05, 4.69) is 4.98 Å². The van der Waals surface area contributed by atoms with Crippen molar-refractivity contribution in [1.29, 1.82) is 0 Å². The maximum atomic E-state index is 12.3. The SMILES string of the molecule is O=C(c1cccnc1)N1CCCC2(C1)OCCO2. The highest BCUT2D eigenvalue weighted by atomic mass is 16.7. The predicted octanol–water partition coefficient (Wildman–Crippen LogP) is 1.06. The number of likely N-dealkylation sites (tertiary alicyclic amines) is 1. The maximum absolute atomic E-state index is 12.3. The molecule has 2 saturated heterocycles. The molecule has 0 radical (unpaired) electrons. The topological polar surface area (TPSA) is 51.7 Å². The molecule has 18 heavy (non-hydrogen) atoms. The number of carbonyl (C=O) groups is 1. The van der Waals surface area contributed by atoms with Gasteiger partial charge in [0.05, 0.1) is 25.3 Å². The third kappa shape index (κ3) is 2.11. The number of amides is 1. The Morgan fingerprint density at radius 3 is 2.94 bits per heavy atom. The molecule has 0 saturated carbocycles. The minimum absolute atomic E-state index is 0.00118. The highest BCUT2D eigenvalue weighted by Crippen LogP contribution is 2.30. The Bertz CT molecular complexity index is 429. The quantitative estimate of drug-likeness (QED) is 0.745. The molecule has 1 amide bonds. The van der Waals surface area contributed by atoms with Crippen LogP contribution in [0.5, 0.6) is 0 Å². The Morgan fingerprint density at radius 2 is 2.22 bits per heavy atom. The molecule has 0 aromatic carbocycles. The molecule has 0 atom stereocenters. The second-order valence-electron chi connectivity index (χ2n) is 4.68. The number of pyridine rings is 1. The molecule has 5 nitrogen and oxygen atoms in total. The van der Waals surface area contributed by atoms with E-state index in [0.717, 1.165) is 19.4 Å². The third-order valence-electron chi connectivity index (χ3n) is 3.43. The number of rotatable bonds is 1. The second kappa shape index (κ2) is 4.66. The van der Waals surface area contributed by atoms with Crippen LogP contribution in [0, 0.1) is 0 Å². The summed E-state index contributed by atoms with van der Waals surface area (Å²) in [5.41, 5.74) is 0.618. The molecule has 2 fully saturated rings. The van der Waals surface area contributed by atoms with Gasteiger partial charge in [0.1, 0.15) is 0 Å². The zero-order valence-electron chi connectivity index (χ0n) is 10.2.